The van der Waals surface area contributed by atoms with Crippen LogP contribution in [0.2, 0.25) is 10.0 Å². The van der Waals surface area contributed by atoms with Gasteiger partial charge in [-0.1, -0.05) is 53.0 Å². The normalized spacial score (nSPS) is 10.2. The van der Waals surface area contributed by atoms with Crippen molar-refractivity contribution in [2.45, 2.75) is 13.5 Å². The van der Waals surface area contributed by atoms with Gasteiger partial charge < -0.3 is 21.3 Å². The lowest BCUT2D eigenvalue weighted by Crippen LogP contribution is -2.43. The van der Waals surface area contributed by atoms with E-state index in [1.807, 2.05) is 31.2 Å². The first kappa shape index (κ1) is 22.5. The summed E-state index contributed by atoms with van der Waals surface area (Å²) in [6.45, 7) is 2.64. The number of carbonyl (C=O) groups excluding carboxylic acids is 3. The molecule has 0 aliphatic rings. The number of hydrogen-bond acceptors (Lipinski definition) is 3. The van der Waals surface area contributed by atoms with Crippen molar-refractivity contribution in [3.63, 3.8) is 0 Å². The first-order valence-corrected chi connectivity index (χ1v) is 9.68. The van der Waals surface area contributed by atoms with E-state index in [2.05, 4.69) is 21.3 Å². The zero-order valence-electron chi connectivity index (χ0n) is 15.9. The molecular weight excluding hydrogens is 415 g/mol. The van der Waals surface area contributed by atoms with Gasteiger partial charge >= 0.3 is 6.03 Å². The third kappa shape index (κ3) is 8.01. The molecule has 0 heterocycles. The Morgan fingerprint density at radius 3 is 2.21 bits per heavy atom. The van der Waals surface area contributed by atoms with E-state index in [0.29, 0.717) is 22.2 Å². The Labute approximate surface area is 179 Å². The van der Waals surface area contributed by atoms with Crippen molar-refractivity contribution < 1.29 is 14.4 Å². The predicted octanol–water partition coefficient (Wildman–Crippen LogP) is 2.65. The van der Waals surface area contributed by atoms with Gasteiger partial charge in [0.15, 0.2) is 0 Å². The lowest BCUT2D eigenvalue weighted by molar-refractivity contribution is -0.120. The second-order valence-electron chi connectivity index (χ2n) is 6.26. The van der Waals surface area contributed by atoms with Crippen molar-refractivity contribution in [1.29, 1.82) is 0 Å². The van der Waals surface area contributed by atoms with Gasteiger partial charge in [-0.3, -0.25) is 9.59 Å². The highest BCUT2D eigenvalue weighted by molar-refractivity contribution is 6.42. The summed E-state index contributed by atoms with van der Waals surface area (Å²) < 4.78 is 0. The van der Waals surface area contributed by atoms with Crippen LogP contribution in [-0.2, 0) is 11.3 Å². The summed E-state index contributed by atoms with van der Waals surface area (Å²) in [5.41, 5.74) is 2.48. The predicted molar refractivity (Wildman–Crippen MR) is 113 cm³/mol. The molecule has 2 rings (SSSR count). The summed E-state index contributed by atoms with van der Waals surface area (Å²) in [6, 6.07) is 11.9. The van der Waals surface area contributed by atoms with E-state index in [0.717, 1.165) is 11.1 Å². The monoisotopic (exact) mass is 436 g/mol. The van der Waals surface area contributed by atoms with Crippen LogP contribution in [-0.4, -0.2) is 37.5 Å². The molecule has 0 unspecified atom stereocenters. The summed E-state index contributed by atoms with van der Waals surface area (Å²) in [5.74, 6) is -0.689. The van der Waals surface area contributed by atoms with Crippen molar-refractivity contribution in [2.75, 3.05) is 19.6 Å². The standard InChI is InChI=1S/C20H22Cl2N4O3/c1-13-2-4-14(5-3-13)11-25-20(29)26-12-18(27)23-8-9-24-19(28)15-6-7-16(21)17(22)10-15/h2-7,10H,8-9,11-12H2,1H3,(H,23,27)(H,24,28)(H2,25,26,29). The molecule has 154 valence electrons. The third-order valence-corrected chi connectivity index (χ3v) is 4.64. The largest absolute Gasteiger partial charge is 0.353 e. The third-order valence-electron chi connectivity index (χ3n) is 3.90. The molecule has 29 heavy (non-hydrogen) atoms. The van der Waals surface area contributed by atoms with Crippen LogP contribution in [0.25, 0.3) is 0 Å². The minimum atomic E-state index is -0.436. The summed E-state index contributed by atoms with van der Waals surface area (Å²) in [7, 11) is 0. The fourth-order valence-corrected chi connectivity index (χ4v) is 2.59. The number of amides is 4. The minimum absolute atomic E-state index is 0.166. The van der Waals surface area contributed by atoms with Crippen molar-refractivity contribution in [3.8, 4) is 0 Å². The minimum Gasteiger partial charge on any atom is -0.353 e. The zero-order valence-corrected chi connectivity index (χ0v) is 17.4. The molecule has 0 saturated carbocycles. The Bertz CT molecular complexity index is 873. The molecule has 2 aromatic rings. The summed E-state index contributed by atoms with van der Waals surface area (Å²) in [4.78, 5) is 35.5. The van der Waals surface area contributed by atoms with Gasteiger partial charge in [0.05, 0.1) is 16.6 Å². The van der Waals surface area contributed by atoms with Crippen LogP contribution < -0.4 is 21.3 Å². The summed E-state index contributed by atoms with van der Waals surface area (Å²) in [6.07, 6.45) is 0. The first-order valence-electron chi connectivity index (χ1n) is 8.92. The number of rotatable bonds is 8. The lowest BCUT2D eigenvalue weighted by atomic mass is 10.1. The molecule has 0 fully saturated rings. The quantitative estimate of drug-likeness (QED) is 0.478. The number of benzene rings is 2. The molecule has 2 aromatic carbocycles. The molecule has 7 nitrogen and oxygen atoms in total. The van der Waals surface area contributed by atoms with Crippen molar-refractivity contribution in [3.05, 3.63) is 69.2 Å². The smallest absolute Gasteiger partial charge is 0.315 e. The Hall–Kier alpha value is -2.77. The van der Waals surface area contributed by atoms with Crippen molar-refractivity contribution in [1.82, 2.24) is 21.3 Å². The van der Waals surface area contributed by atoms with Gasteiger partial charge in [-0.15, -0.1) is 0 Å². The van der Waals surface area contributed by atoms with Crippen LogP contribution in [0.5, 0.6) is 0 Å². The highest BCUT2D eigenvalue weighted by atomic mass is 35.5. The van der Waals surface area contributed by atoms with E-state index in [4.69, 9.17) is 23.2 Å². The van der Waals surface area contributed by atoms with E-state index < -0.39 is 6.03 Å². The molecule has 0 bridgehead atoms. The Balaban J connectivity index is 1.59. The van der Waals surface area contributed by atoms with Gasteiger partial charge in [0.25, 0.3) is 5.91 Å². The molecule has 4 N–H and O–H groups in total. The van der Waals surface area contributed by atoms with Crippen LogP contribution >= 0.6 is 23.2 Å². The fraction of sp³-hybridized carbons (Fsp3) is 0.250. The van der Waals surface area contributed by atoms with E-state index >= 15 is 0 Å². The van der Waals surface area contributed by atoms with Crippen LogP contribution in [0.4, 0.5) is 4.79 Å². The summed E-state index contributed by atoms with van der Waals surface area (Å²) >= 11 is 11.7. The van der Waals surface area contributed by atoms with Crippen LogP contribution in [0.15, 0.2) is 42.5 Å². The Morgan fingerprint density at radius 2 is 1.52 bits per heavy atom. The number of halogens is 2. The SMILES string of the molecule is Cc1ccc(CNC(=O)NCC(=O)NCCNC(=O)c2ccc(Cl)c(Cl)c2)cc1. The van der Waals surface area contributed by atoms with E-state index in [1.54, 1.807) is 6.07 Å². The maximum atomic E-state index is 12.0. The second-order valence-corrected chi connectivity index (χ2v) is 7.07. The van der Waals surface area contributed by atoms with Gasteiger partial charge in [0.1, 0.15) is 0 Å². The fourth-order valence-electron chi connectivity index (χ4n) is 2.29. The molecule has 0 aliphatic carbocycles. The van der Waals surface area contributed by atoms with Gasteiger partial charge in [-0.25, -0.2) is 4.79 Å². The molecule has 0 aliphatic heterocycles. The number of carbonyl (C=O) groups is 3. The molecule has 9 heteroatoms. The topological polar surface area (TPSA) is 99.3 Å². The molecule has 0 atom stereocenters. The molecule has 0 spiro atoms. The van der Waals surface area contributed by atoms with E-state index in [9.17, 15) is 14.4 Å². The highest BCUT2D eigenvalue weighted by Gasteiger charge is 2.08. The Kier molecular flexibility index (Phi) is 8.76. The molecule has 0 saturated heterocycles. The number of urea groups is 1. The number of hydrogen-bond donors (Lipinski definition) is 4. The molecular formula is C20H22Cl2N4O3. The number of aryl methyl sites for hydroxylation is 1. The lowest BCUT2D eigenvalue weighted by Gasteiger charge is -2.09. The first-order chi connectivity index (χ1) is 13.8. The van der Waals surface area contributed by atoms with E-state index in [-0.39, 0.29) is 31.4 Å². The van der Waals surface area contributed by atoms with Gasteiger partial charge in [0.2, 0.25) is 5.91 Å². The van der Waals surface area contributed by atoms with Gasteiger partial charge in [-0.2, -0.15) is 0 Å². The highest BCUT2D eigenvalue weighted by Crippen LogP contribution is 2.22. The van der Waals surface area contributed by atoms with Crippen LogP contribution in [0.1, 0.15) is 21.5 Å². The Morgan fingerprint density at radius 1 is 0.828 bits per heavy atom. The van der Waals surface area contributed by atoms with Crippen molar-refractivity contribution in [2.24, 2.45) is 0 Å². The van der Waals surface area contributed by atoms with Gasteiger partial charge in [-0.05, 0) is 30.7 Å². The number of nitrogens with one attached hydrogen (secondary N) is 4. The molecule has 0 aromatic heterocycles. The molecule has 4 amide bonds. The summed E-state index contributed by atoms with van der Waals surface area (Å²) in [5, 5.41) is 11.1. The van der Waals surface area contributed by atoms with Gasteiger partial charge in [0, 0.05) is 25.2 Å². The van der Waals surface area contributed by atoms with Crippen LogP contribution in [0.3, 0.4) is 0 Å². The van der Waals surface area contributed by atoms with Crippen molar-refractivity contribution >= 4 is 41.0 Å². The second kappa shape index (κ2) is 11.3. The maximum absolute atomic E-state index is 12.0. The van der Waals surface area contributed by atoms with E-state index in [1.165, 1.54) is 12.1 Å². The zero-order chi connectivity index (χ0) is 21.2. The average Bonchev–Trinajstić information content (AvgIpc) is 2.71. The maximum Gasteiger partial charge on any atom is 0.315 e. The molecule has 0 radical (unpaired) electrons. The average molecular weight is 437 g/mol. The van der Waals surface area contributed by atoms with Crippen LogP contribution in [0, 0.1) is 6.92 Å².